The maximum atomic E-state index is 12.1. The van der Waals surface area contributed by atoms with Crippen LogP contribution in [0.3, 0.4) is 0 Å². The Morgan fingerprint density at radius 2 is 1.84 bits per heavy atom. The second-order valence-corrected chi connectivity index (χ2v) is 9.31. The van der Waals surface area contributed by atoms with Crippen LogP contribution in [0.15, 0.2) is 18.2 Å². The zero-order valence-corrected chi connectivity index (χ0v) is 21.1. The highest BCUT2D eigenvalue weighted by atomic mass is 16.6. The van der Waals surface area contributed by atoms with Crippen LogP contribution in [-0.2, 0) is 15.9 Å². The van der Waals surface area contributed by atoms with Crippen molar-refractivity contribution in [2.75, 3.05) is 7.11 Å². The molecule has 1 aromatic carbocycles. The number of rotatable bonds is 4. The summed E-state index contributed by atoms with van der Waals surface area (Å²) in [5.74, 6) is -3.43. The van der Waals surface area contributed by atoms with Gasteiger partial charge >= 0.3 is 17.9 Å². The highest BCUT2D eigenvalue weighted by Gasteiger charge is 2.26. The number of carbonyl (C=O) groups is 4. The van der Waals surface area contributed by atoms with Gasteiger partial charge in [-0.05, 0) is 63.3 Å². The number of carboxylic acid groups (broad SMARTS) is 1. The summed E-state index contributed by atoms with van der Waals surface area (Å²) < 4.78 is 10.8. The smallest absolute Gasteiger partial charge is 0.356 e. The monoisotopic (exact) mass is 512 g/mol. The molecular formula is C24H28N6O7. The van der Waals surface area contributed by atoms with Crippen molar-refractivity contribution in [1.82, 2.24) is 19.8 Å². The number of methoxy groups -OCH3 is 1. The second-order valence-electron chi connectivity index (χ2n) is 9.31. The van der Waals surface area contributed by atoms with Crippen molar-refractivity contribution < 1.29 is 33.8 Å². The first kappa shape index (κ1) is 27.2. The van der Waals surface area contributed by atoms with Gasteiger partial charge in [-0.3, -0.25) is 4.79 Å². The quantitative estimate of drug-likeness (QED) is 0.428. The minimum Gasteiger partial charge on any atom is -0.477 e. The van der Waals surface area contributed by atoms with Crippen LogP contribution in [0.25, 0.3) is 5.65 Å². The average molecular weight is 513 g/mol. The number of amides is 1. The van der Waals surface area contributed by atoms with Gasteiger partial charge in [0.15, 0.2) is 22.7 Å². The Bertz CT molecular complexity index is 1410. The number of hydrogen-bond donors (Lipinski definition) is 3. The van der Waals surface area contributed by atoms with E-state index >= 15 is 0 Å². The minimum absolute atomic E-state index is 0.117. The van der Waals surface area contributed by atoms with Crippen LogP contribution in [0.5, 0.6) is 0 Å². The predicted octanol–water partition coefficient (Wildman–Crippen LogP) is 1.60. The van der Waals surface area contributed by atoms with Gasteiger partial charge in [-0.2, -0.15) is 4.52 Å². The summed E-state index contributed by atoms with van der Waals surface area (Å²) >= 11 is 0. The van der Waals surface area contributed by atoms with E-state index in [1.165, 1.54) is 11.1 Å². The molecule has 5 N–H and O–H groups in total. The summed E-state index contributed by atoms with van der Waals surface area (Å²) in [5, 5.41) is 15.9. The molecule has 3 aromatic rings. The van der Waals surface area contributed by atoms with E-state index in [4.69, 9.17) is 21.3 Å². The van der Waals surface area contributed by atoms with Crippen molar-refractivity contribution in [3.63, 3.8) is 0 Å². The molecule has 0 saturated heterocycles. The molecule has 0 fully saturated rings. The van der Waals surface area contributed by atoms with Crippen molar-refractivity contribution in [2.24, 2.45) is 11.5 Å². The number of carboxylic acids is 1. The zero-order chi connectivity index (χ0) is 27.7. The molecule has 1 aliphatic carbocycles. The van der Waals surface area contributed by atoms with Crippen LogP contribution >= 0.6 is 0 Å². The van der Waals surface area contributed by atoms with Gasteiger partial charge in [0.1, 0.15) is 5.60 Å². The number of primary amides is 1. The number of nitrogens with zero attached hydrogens (tertiary/aromatic N) is 4. The molecule has 1 atom stereocenters. The number of ether oxygens (including phenoxy) is 2. The summed E-state index contributed by atoms with van der Waals surface area (Å²) in [4.78, 5) is 49.3. The molecule has 4 rings (SSSR count). The lowest BCUT2D eigenvalue weighted by Gasteiger charge is -2.21. The third kappa shape index (κ3) is 5.72. The van der Waals surface area contributed by atoms with Crippen molar-refractivity contribution in [3.05, 3.63) is 57.5 Å². The Labute approximate surface area is 211 Å². The summed E-state index contributed by atoms with van der Waals surface area (Å²) in [6.45, 7) is 7.62. The van der Waals surface area contributed by atoms with Crippen molar-refractivity contribution in [1.29, 1.82) is 0 Å². The molecule has 0 saturated carbocycles. The second kappa shape index (κ2) is 10.3. The maximum absolute atomic E-state index is 12.1. The lowest BCUT2D eigenvalue weighted by Crippen LogP contribution is -2.24. The molecule has 2 aromatic heterocycles. The van der Waals surface area contributed by atoms with E-state index in [1.807, 2.05) is 39.8 Å². The number of nitrogens with two attached hydrogens (primary N) is 2. The molecule has 0 aliphatic heterocycles. The largest absolute Gasteiger partial charge is 0.477 e. The Morgan fingerprint density at radius 3 is 2.41 bits per heavy atom. The van der Waals surface area contributed by atoms with Crippen LogP contribution in [0.4, 0.5) is 0 Å². The number of benzene rings is 1. The Hall–Kier alpha value is -4.39. The fourth-order valence-electron chi connectivity index (χ4n) is 3.86. The molecule has 37 heavy (non-hydrogen) atoms. The summed E-state index contributed by atoms with van der Waals surface area (Å²) in [5.41, 5.74) is 13.5. The highest BCUT2D eigenvalue weighted by molar-refractivity contribution is 5.99. The van der Waals surface area contributed by atoms with E-state index in [1.54, 1.807) is 0 Å². The topological polar surface area (TPSA) is 202 Å². The molecule has 1 amide bonds. The fourth-order valence-corrected chi connectivity index (χ4v) is 3.86. The Morgan fingerprint density at radius 1 is 1.16 bits per heavy atom. The van der Waals surface area contributed by atoms with Gasteiger partial charge in [-0.25, -0.2) is 19.4 Å². The summed E-state index contributed by atoms with van der Waals surface area (Å²) in [7, 11) is 1.11. The molecule has 13 nitrogen and oxygen atoms in total. The van der Waals surface area contributed by atoms with Crippen molar-refractivity contribution >= 4 is 29.5 Å². The molecule has 0 bridgehead atoms. The third-order valence-corrected chi connectivity index (χ3v) is 5.58. The van der Waals surface area contributed by atoms with Gasteiger partial charge in [0.2, 0.25) is 0 Å². The van der Waals surface area contributed by atoms with Crippen LogP contribution in [0.1, 0.15) is 91.7 Å². The summed E-state index contributed by atoms with van der Waals surface area (Å²) in [6.07, 6.45) is 1.92. The first-order valence-electron chi connectivity index (χ1n) is 11.2. The number of carbonyl (C=O) groups excluding carboxylic acids is 3. The van der Waals surface area contributed by atoms with Gasteiger partial charge in [-0.15, -0.1) is 5.10 Å². The van der Waals surface area contributed by atoms with E-state index in [2.05, 4.69) is 20.0 Å². The number of hydrogen-bond acceptors (Lipinski definition) is 10. The zero-order valence-electron chi connectivity index (χ0n) is 21.1. The molecular weight excluding hydrogens is 484 g/mol. The third-order valence-electron chi connectivity index (χ3n) is 5.58. The predicted molar refractivity (Wildman–Crippen MR) is 129 cm³/mol. The molecule has 196 valence electrons. The van der Waals surface area contributed by atoms with E-state index in [0.29, 0.717) is 5.56 Å². The van der Waals surface area contributed by atoms with Crippen LogP contribution < -0.4 is 11.5 Å². The molecule has 0 radical (unpaired) electrons. The Kier molecular flexibility index (Phi) is 7.58. The first-order chi connectivity index (χ1) is 17.2. The number of aromatic nitrogens is 4. The van der Waals surface area contributed by atoms with E-state index in [-0.39, 0.29) is 29.0 Å². The average Bonchev–Trinajstić information content (AvgIpc) is 3.41. The standard InChI is InChI=1S/C15H21NO2.C9H7N5O5/c1-9-10-7-8-13(16)12(10)6-5-11(9)14(17)18-15(2,3)4;1-19-9(18)4-2-3(8(16)17)11-7-5(6(10)15)12-13-14(4)7/h5-6,13H,7-8,16H2,1-4H3;2H,1H3,(H2,10,15)(H,16,17)/t13-;/m0./s1. The van der Waals surface area contributed by atoms with Crippen molar-refractivity contribution in [3.8, 4) is 0 Å². The lowest BCUT2D eigenvalue weighted by atomic mass is 9.98. The lowest BCUT2D eigenvalue weighted by molar-refractivity contribution is 0.00680. The summed E-state index contributed by atoms with van der Waals surface area (Å²) in [6, 6.07) is 4.89. The van der Waals surface area contributed by atoms with Crippen LogP contribution in [0.2, 0.25) is 0 Å². The molecule has 0 spiro atoms. The van der Waals surface area contributed by atoms with E-state index in [9.17, 15) is 19.2 Å². The van der Waals surface area contributed by atoms with Crippen molar-refractivity contribution in [2.45, 2.75) is 52.2 Å². The van der Waals surface area contributed by atoms with Gasteiger partial charge in [0, 0.05) is 12.1 Å². The van der Waals surface area contributed by atoms with Gasteiger partial charge < -0.3 is 26.0 Å². The molecule has 2 heterocycles. The highest BCUT2D eigenvalue weighted by Crippen LogP contribution is 2.33. The van der Waals surface area contributed by atoms with Crippen LogP contribution in [-0.4, -0.2) is 61.4 Å². The molecule has 0 unspecified atom stereocenters. The van der Waals surface area contributed by atoms with Gasteiger partial charge in [0.25, 0.3) is 5.91 Å². The molecule has 1 aliphatic rings. The molecule has 13 heteroatoms. The van der Waals surface area contributed by atoms with Gasteiger partial charge in [-0.1, -0.05) is 11.3 Å². The fraction of sp³-hybridized carbons (Fsp3) is 0.375. The van der Waals surface area contributed by atoms with Crippen LogP contribution in [0, 0.1) is 6.92 Å². The first-order valence-corrected chi connectivity index (χ1v) is 11.2. The van der Waals surface area contributed by atoms with Gasteiger partial charge in [0.05, 0.1) is 12.7 Å². The normalized spacial score (nSPS) is 14.4. The number of esters is 2. The number of aromatic carboxylic acids is 1. The van der Waals surface area contributed by atoms with E-state index in [0.717, 1.165) is 36.1 Å². The van der Waals surface area contributed by atoms with E-state index < -0.39 is 29.1 Å². The minimum atomic E-state index is -1.38. The number of fused-ring (bicyclic) bond motifs is 2. The maximum Gasteiger partial charge on any atom is 0.356 e. The SMILES string of the molecule is COC(=O)c1cc(C(=O)O)nc2c(C(N)=O)nnn12.Cc1c(C(=O)OC(C)(C)C)ccc2c1CC[C@@H]2N. The Balaban J connectivity index is 0.000000206.